The normalized spacial score (nSPS) is 15.1. The van der Waals surface area contributed by atoms with E-state index in [4.69, 9.17) is 15.2 Å². The van der Waals surface area contributed by atoms with Crippen LogP contribution in [0.1, 0.15) is 24.8 Å². The van der Waals surface area contributed by atoms with Crippen LogP contribution in [0.2, 0.25) is 0 Å². The van der Waals surface area contributed by atoms with Crippen LogP contribution in [0, 0.1) is 10.1 Å². The predicted octanol–water partition coefficient (Wildman–Crippen LogP) is 2.44. The van der Waals surface area contributed by atoms with Gasteiger partial charge < -0.3 is 15.2 Å². The van der Waals surface area contributed by atoms with Crippen molar-refractivity contribution in [2.75, 3.05) is 20.3 Å². The Kier molecular flexibility index (Phi) is 7.87. The SMILES string of the molecule is CN(C(N)=O)C(=O)Cc1c([N+](=O)[O-])ccc2c1n(CCCOc1ccccc1)c(=O)n2CC1CCCO1. The molecule has 4 rings (SSSR count). The molecular formula is C25H29N5O7. The molecule has 1 unspecified atom stereocenters. The summed E-state index contributed by atoms with van der Waals surface area (Å²) >= 11 is 0. The maximum absolute atomic E-state index is 13.6. The van der Waals surface area contributed by atoms with Crippen molar-refractivity contribution in [3.05, 3.63) is 68.6 Å². The van der Waals surface area contributed by atoms with E-state index in [1.807, 2.05) is 30.3 Å². The molecule has 1 aromatic heterocycles. The third-order valence-electron chi connectivity index (χ3n) is 6.44. The van der Waals surface area contributed by atoms with Gasteiger partial charge in [-0.3, -0.25) is 28.9 Å². The number of nitro benzene ring substituents is 1. The fraction of sp³-hybridized carbons (Fsp3) is 0.400. The third-order valence-corrected chi connectivity index (χ3v) is 6.44. The number of likely N-dealkylation sites (N-methyl/N-ethyl adjacent to an activating group) is 1. The molecule has 37 heavy (non-hydrogen) atoms. The van der Waals surface area contributed by atoms with E-state index in [-0.39, 0.29) is 41.7 Å². The molecule has 196 valence electrons. The van der Waals surface area contributed by atoms with Crippen molar-refractivity contribution in [1.29, 1.82) is 0 Å². The molecule has 1 aliphatic rings. The number of carbonyl (C=O) groups is 2. The van der Waals surface area contributed by atoms with E-state index in [9.17, 15) is 24.5 Å². The molecule has 3 amide bonds. The Labute approximate surface area is 212 Å². The minimum atomic E-state index is -0.980. The Morgan fingerprint density at radius 2 is 1.97 bits per heavy atom. The van der Waals surface area contributed by atoms with Gasteiger partial charge in [-0.15, -0.1) is 0 Å². The maximum Gasteiger partial charge on any atom is 0.329 e. The van der Waals surface area contributed by atoms with Crippen LogP contribution in [0.4, 0.5) is 10.5 Å². The lowest BCUT2D eigenvalue weighted by Crippen LogP contribution is -2.38. The van der Waals surface area contributed by atoms with Gasteiger partial charge in [-0.2, -0.15) is 0 Å². The van der Waals surface area contributed by atoms with Gasteiger partial charge in [-0.25, -0.2) is 9.59 Å². The lowest BCUT2D eigenvalue weighted by Gasteiger charge is -2.14. The summed E-state index contributed by atoms with van der Waals surface area (Å²) in [5, 5.41) is 11.9. The highest BCUT2D eigenvalue weighted by Crippen LogP contribution is 2.30. The molecule has 1 saturated heterocycles. The number of aryl methyl sites for hydroxylation is 1. The number of hydrogen-bond acceptors (Lipinski definition) is 7. The number of aromatic nitrogens is 2. The molecular weight excluding hydrogens is 482 g/mol. The molecule has 12 heteroatoms. The number of carbonyl (C=O) groups excluding carboxylic acids is 2. The largest absolute Gasteiger partial charge is 0.494 e. The smallest absolute Gasteiger partial charge is 0.329 e. The highest BCUT2D eigenvalue weighted by Gasteiger charge is 2.28. The zero-order valence-electron chi connectivity index (χ0n) is 20.5. The second-order valence-corrected chi connectivity index (χ2v) is 8.85. The van der Waals surface area contributed by atoms with E-state index in [1.54, 1.807) is 4.57 Å². The van der Waals surface area contributed by atoms with Crippen molar-refractivity contribution in [3.8, 4) is 5.75 Å². The number of benzene rings is 2. The quantitative estimate of drug-likeness (QED) is 0.249. The summed E-state index contributed by atoms with van der Waals surface area (Å²) in [6, 6.07) is 11.0. The van der Waals surface area contributed by atoms with Crippen molar-refractivity contribution in [1.82, 2.24) is 14.0 Å². The van der Waals surface area contributed by atoms with Crippen LogP contribution < -0.4 is 16.2 Å². The molecule has 2 heterocycles. The number of nitro groups is 1. The Balaban J connectivity index is 1.75. The van der Waals surface area contributed by atoms with Gasteiger partial charge in [-0.1, -0.05) is 18.2 Å². The van der Waals surface area contributed by atoms with Crippen molar-refractivity contribution in [2.24, 2.45) is 5.73 Å². The summed E-state index contributed by atoms with van der Waals surface area (Å²) in [4.78, 5) is 49.9. The zero-order chi connectivity index (χ0) is 26.5. The summed E-state index contributed by atoms with van der Waals surface area (Å²) in [6.45, 7) is 1.41. The van der Waals surface area contributed by atoms with Gasteiger partial charge in [0.1, 0.15) is 5.75 Å². The first-order valence-electron chi connectivity index (χ1n) is 12.0. The highest BCUT2D eigenvalue weighted by atomic mass is 16.6. The number of amides is 3. The fourth-order valence-corrected chi connectivity index (χ4v) is 4.52. The minimum absolute atomic E-state index is 0.0489. The first-order chi connectivity index (χ1) is 17.8. The van der Waals surface area contributed by atoms with E-state index in [0.717, 1.165) is 12.8 Å². The number of rotatable bonds is 10. The zero-order valence-corrected chi connectivity index (χ0v) is 20.5. The molecule has 0 saturated carbocycles. The number of ether oxygens (including phenoxy) is 2. The molecule has 1 aliphatic heterocycles. The number of urea groups is 1. The Bertz CT molecular complexity index is 1360. The van der Waals surface area contributed by atoms with Crippen LogP contribution in [-0.2, 0) is 29.0 Å². The molecule has 12 nitrogen and oxygen atoms in total. The number of nitrogens with two attached hydrogens (primary N) is 1. The average Bonchev–Trinajstić information content (AvgIpc) is 3.49. The van der Waals surface area contributed by atoms with Crippen molar-refractivity contribution in [2.45, 2.75) is 44.9 Å². The van der Waals surface area contributed by atoms with Crippen LogP contribution in [-0.4, -0.2) is 57.3 Å². The number of fused-ring (bicyclic) bond motifs is 1. The summed E-state index contributed by atoms with van der Waals surface area (Å²) in [5.74, 6) is -0.0338. The number of imide groups is 1. The van der Waals surface area contributed by atoms with Crippen molar-refractivity contribution >= 4 is 28.7 Å². The predicted molar refractivity (Wildman–Crippen MR) is 134 cm³/mol. The molecule has 2 N–H and O–H groups in total. The van der Waals surface area contributed by atoms with Crippen LogP contribution >= 0.6 is 0 Å². The fourth-order valence-electron chi connectivity index (χ4n) is 4.52. The number of imidazole rings is 1. The van der Waals surface area contributed by atoms with E-state index < -0.39 is 23.3 Å². The van der Waals surface area contributed by atoms with Crippen molar-refractivity contribution in [3.63, 3.8) is 0 Å². The van der Waals surface area contributed by atoms with Crippen LogP contribution in [0.3, 0.4) is 0 Å². The van der Waals surface area contributed by atoms with E-state index in [2.05, 4.69) is 0 Å². The van der Waals surface area contributed by atoms with Gasteiger partial charge in [0.25, 0.3) is 5.69 Å². The maximum atomic E-state index is 13.6. The van der Waals surface area contributed by atoms with E-state index in [1.165, 1.54) is 23.7 Å². The number of hydrogen-bond donors (Lipinski definition) is 1. The summed E-state index contributed by atoms with van der Waals surface area (Å²) < 4.78 is 14.5. The highest BCUT2D eigenvalue weighted by molar-refractivity contribution is 5.97. The first-order valence-corrected chi connectivity index (χ1v) is 12.0. The molecule has 0 radical (unpaired) electrons. The minimum Gasteiger partial charge on any atom is -0.494 e. The number of para-hydroxylation sites is 1. The monoisotopic (exact) mass is 511 g/mol. The number of primary amides is 1. The Hall–Kier alpha value is -4.19. The number of nitrogens with zero attached hydrogens (tertiary/aromatic N) is 4. The second kappa shape index (κ2) is 11.2. The standard InChI is InChI=1S/C25H29N5O7/c1-27(24(26)32)22(31)15-19-20(30(34)35)10-11-21-23(19)28(12-6-14-36-17-7-3-2-4-8-17)25(33)29(21)16-18-9-5-13-37-18/h2-4,7-8,10-11,18H,5-6,9,12-16H2,1H3,(H2,26,32). The topological polar surface area (TPSA) is 152 Å². The van der Waals surface area contributed by atoms with Gasteiger partial charge >= 0.3 is 11.7 Å². The molecule has 1 fully saturated rings. The van der Waals surface area contributed by atoms with Gasteiger partial charge in [-0.05, 0) is 37.5 Å². The lowest BCUT2D eigenvalue weighted by molar-refractivity contribution is -0.385. The Morgan fingerprint density at radius 3 is 2.62 bits per heavy atom. The summed E-state index contributed by atoms with van der Waals surface area (Å²) in [6.07, 6.45) is 1.49. The van der Waals surface area contributed by atoms with Gasteiger partial charge in [0.2, 0.25) is 5.91 Å². The summed E-state index contributed by atoms with van der Waals surface area (Å²) in [7, 11) is 1.20. The van der Waals surface area contributed by atoms with Gasteiger partial charge in [0, 0.05) is 26.3 Å². The molecule has 0 bridgehead atoms. The second-order valence-electron chi connectivity index (χ2n) is 8.85. The van der Waals surface area contributed by atoms with Crippen LogP contribution in [0.15, 0.2) is 47.3 Å². The van der Waals surface area contributed by atoms with Crippen molar-refractivity contribution < 1.29 is 24.0 Å². The van der Waals surface area contributed by atoms with Gasteiger partial charge in [0.05, 0.1) is 47.2 Å². The Morgan fingerprint density at radius 1 is 1.22 bits per heavy atom. The average molecular weight is 512 g/mol. The lowest BCUT2D eigenvalue weighted by atomic mass is 10.1. The molecule has 2 aromatic carbocycles. The third kappa shape index (κ3) is 5.64. The van der Waals surface area contributed by atoms with Crippen LogP contribution in [0.25, 0.3) is 11.0 Å². The first kappa shape index (κ1) is 25.9. The molecule has 0 aliphatic carbocycles. The molecule has 3 aromatic rings. The molecule has 0 spiro atoms. The van der Waals surface area contributed by atoms with E-state index in [0.29, 0.717) is 35.8 Å². The van der Waals surface area contributed by atoms with E-state index >= 15 is 0 Å². The van der Waals surface area contributed by atoms with Crippen LogP contribution in [0.5, 0.6) is 5.75 Å². The molecule has 1 atom stereocenters. The van der Waals surface area contributed by atoms with Gasteiger partial charge in [0.15, 0.2) is 0 Å². The summed E-state index contributed by atoms with van der Waals surface area (Å²) in [5.41, 5.74) is 5.34.